The van der Waals surface area contributed by atoms with Crippen LogP contribution in [0.1, 0.15) is 18.6 Å². The van der Waals surface area contributed by atoms with Crippen LogP contribution in [0.2, 0.25) is 0 Å². The topological polar surface area (TPSA) is 41.5 Å². The molecule has 0 radical (unpaired) electrons. The van der Waals surface area contributed by atoms with Crippen molar-refractivity contribution in [2.45, 2.75) is 13.0 Å². The van der Waals surface area contributed by atoms with Gasteiger partial charge in [-0.2, -0.15) is 0 Å². The van der Waals surface area contributed by atoms with Crippen molar-refractivity contribution in [3.63, 3.8) is 0 Å². The minimum absolute atomic E-state index is 0.484. The summed E-state index contributed by atoms with van der Waals surface area (Å²) < 4.78 is 5.38. The third-order valence-electron chi connectivity index (χ3n) is 2.85. The second kappa shape index (κ2) is 6.81. The van der Waals surface area contributed by atoms with Gasteiger partial charge in [0, 0.05) is 12.2 Å². The zero-order valence-electron chi connectivity index (χ0n) is 11.0. The van der Waals surface area contributed by atoms with Crippen LogP contribution in [0, 0.1) is 0 Å². The number of hydrogen-bond donors (Lipinski definition) is 2. The van der Waals surface area contributed by atoms with Crippen LogP contribution >= 0.6 is 0 Å². The first-order valence-electron chi connectivity index (χ1n) is 6.49. The normalized spacial score (nSPS) is 11.9. The van der Waals surface area contributed by atoms with E-state index in [1.807, 2.05) is 61.5 Å². The smallest absolute Gasteiger partial charge is 0.119 e. The lowest BCUT2D eigenvalue weighted by Crippen LogP contribution is -2.11. The molecule has 2 rings (SSSR count). The molecule has 0 aliphatic carbocycles. The van der Waals surface area contributed by atoms with Crippen molar-refractivity contribution >= 4 is 5.69 Å². The van der Waals surface area contributed by atoms with Gasteiger partial charge in [0.2, 0.25) is 0 Å². The molecule has 0 spiro atoms. The number of benzene rings is 2. The highest BCUT2D eigenvalue weighted by atomic mass is 16.5. The van der Waals surface area contributed by atoms with Gasteiger partial charge in [0.25, 0.3) is 0 Å². The van der Waals surface area contributed by atoms with Crippen LogP contribution in [0.3, 0.4) is 0 Å². The maximum absolute atomic E-state index is 10.0. The van der Waals surface area contributed by atoms with E-state index in [1.54, 1.807) is 0 Å². The van der Waals surface area contributed by atoms with Gasteiger partial charge in [-0.1, -0.05) is 30.3 Å². The number of nitrogens with one attached hydrogen (secondary N) is 1. The monoisotopic (exact) mass is 257 g/mol. The summed E-state index contributed by atoms with van der Waals surface area (Å²) in [5.74, 6) is 0.858. The highest BCUT2D eigenvalue weighted by Crippen LogP contribution is 2.17. The minimum atomic E-state index is -0.507. The Hall–Kier alpha value is -2.00. The van der Waals surface area contributed by atoms with Gasteiger partial charge in [-0.05, 0) is 36.8 Å². The Morgan fingerprint density at radius 2 is 1.74 bits per heavy atom. The van der Waals surface area contributed by atoms with E-state index >= 15 is 0 Å². The fourth-order valence-corrected chi connectivity index (χ4v) is 1.84. The molecule has 0 saturated carbocycles. The van der Waals surface area contributed by atoms with Gasteiger partial charge in [-0.15, -0.1) is 0 Å². The molecule has 0 fully saturated rings. The molecule has 0 aromatic heterocycles. The number of rotatable bonds is 6. The predicted octanol–water partition coefficient (Wildman–Crippen LogP) is 3.23. The third-order valence-corrected chi connectivity index (χ3v) is 2.85. The zero-order valence-corrected chi connectivity index (χ0v) is 11.0. The van der Waals surface area contributed by atoms with Crippen molar-refractivity contribution in [1.29, 1.82) is 0 Å². The Balaban J connectivity index is 1.88. The van der Waals surface area contributed by atoms with E-state index in [-0.39, 0.29) is 0 Å². The van der Waals surface area contributed by atoms with Gasteiger partial charge < -0.3 is 15.2 Å². The molecule has 2 aromatic rings. The standard InChI is InChI=1S/C16H19NO2/c1-2-19-15-10-8-14(9-11-15)17-12-16(18)13-6-4-3-5-7-13/h3-11,16-18H,2,12H2,1H3. The van der Waals surface area contributed by atoms with E-state index < -0.39 is 6.10 Å². The van der Waals surface area contributed by atoms with E-state index in [1.165, 1.54) is 0 Å². The summed E-state index contributed by atoms with van der Waals surface area (Å²) in [6, 6.07) is 17.4. The second-order valence-electron chi connectivity index (χ2n) is 4.26. The van der Waals surface area contributed by atoms with Crippen molar-refractivity contribution in [3.05, 3.63) is 60.2 Å². The Kier molecular flexibility index (Phi) is 4.81. The van der Waals surface area contributed by atoms with Gasteiger partial charge >= 0.3 is 0 Å². The van der Waals surface area contributed by atoms with Crippen LogP contribution in [0.5, 0.6) is 5.75 Å². The number of hydrogen-bond acceptors (Lipinski definition) is 3. The molecule has 0 aliphatic rings. The molecule has 0 saturated heterocycles. The molecule has 2 aromatic carbocycles. The van der Waals surface area contributed by atoms with E-state index in [2.05, 4.69) is 5.32 Å². The Morgan fingerprint density at radius 1 is 1.05 bits per heavy atom. The van der Waals surface area contributed by atoms with E-state index in [9.17, 15) is 5.11 Å². The number of aliphatic hydroxyl groups is 1. The van der Waals surface area contributed by atoms with Crippen molar-refractivity contribution in [1.82, 2.24) is 0 Å². The first-order chi connectivity index (χ1) is 9.29. The lowest BCUT2D eigenvalue weighted by Gasteiger charge is -2.13. The fourth-order valence-electron chi connectivity index (χ4n) is 1.84. The lowest BCUT2D eigenvalue weighted by molar-refractivity contribution is 0.191. The average Bonchev–Trinajstić information content (AvgIpc) is 2.47. The van der Waals surface area contributed by atoms with Gasteiger partial charge in [0.05, 0.1) is 12.7 Å². The molecule has 0 bridgehead atoms. The van der Waals surface area contributed by atoms with Crippen molar-refractivity contribution in [2.75, 3.05) is 18.5 Å². The molecule has 1 atom stereocenters. The summed E-state index contributed by atoms with van der Waals surface area (Å²) in [5, 5.41) is 13.2. The van der Waals surface area contributed by atoms with Crippen LogP contribution in [0.15, 0.2) is 54.6 Å². The van der Waals surface area contributed by atoms with Crippen molar-refractivity contribution in [3.8, 4) is 5.75 Å². The molecule has 3 nitrogen and oxygen atoms in total. The van der Waals surface area contributed by atoms with Crippen molar-refractivity contribution < 1.29 is 9.84 Å². The average molecular weight is 257 g/mol. The molecule has 0 heterocycles. The Morgan fingerprint density at radius 3 is 2.37 bits per heavy atom. The summed E-state index contributed by atoms with van der Waals surface area (Å²) in [6.45, 7) is 3.11. The maximum Gasteiger partial charge on any atom is 0.119 e. The van der Waals surface area contributed by atoms with Gasteiger partial charge in [0.1, 0.15) is 5.75 Å². The number of anilines is 1. The molecule has 1 unspecified atom stereocenters. The summed E-state index contributed by atoms with van der Waals surface area (Å²) in [4.78, 5) is 0. The quantitative estimate of drug-likeness (QED) is 0.834. The molecule has 3 heteroatoms. The summed E-state index contributed by atoms with van der Waals surface area (Å²) >= 11 is 0. The van der Waals surface area contributed by atoms with Crippen LogP contribution in [-0.4, -0.2) is 18.3 Å². The maximum atomic E-state index is 10.0. The minimum Gasteiger partial charge on any atom is -0.494 e. The Bertz CT molecular complexity index is 482. The number of ether oxygens (including phenoxy) is 1. The summed E-state index contributed by atoms with van der Waals surface area (Å²) in [5.41, 5.74) is 1.89. The van der Waals surface area contributed by atoms with E-state index in [4.69, 9.17) is 4.74 Å². The molecule has 0 amide bonds. The van der Waals surface area contributed by atoms with E-state index in [0.717, 1.165) is 17.0 Å². The van der Waals surface area contributed by atoms with Crippen molar-refractivity contribution in [2.24, 2.45) is 0 Å². The van der Waals surface area contributed by atoms with Crippen LogP contribution in [0.25, 0.3) is 0 Å². The SMILES string of the molecule is CCOc1ccc(NCC(O)c2ccccc2)cc1. The molecule has 100 valence electrons. The van der Waals surface area contributed by atoms with Crippen LogP contribution in [-0.2, 0) is 0 Å². The molecular formula is C16H19NO2. The first kappa shape index (κ1) is 13.4. The summed E-state index contributed by atoms with van der Waals surface area (Å²) in [6.07, 6.45) is -0.507. The lowest BCUT2D eigenvalue weighted by atomic mass is 10.1. The van der Waals surface area contributed by atoms with Gasteiger partial charge in [-0.25, -0.2) is 0 Å². The molecular weight excluding hydrogens is 238 g/mol. The largest absolute Gasteiger partial charge is 0.494 e. The first-order valence-corrected chi connectivity index (χ1v) is 6.49. The molecule has 0 aliphatic heterocycles. The highest BCUT2D eigenvalue weighted by molar-refractivity contribution is 5.46. The highest BCUT2D eigenvalue weighted by Gasteiger charge is 2.06. The van der Waals surface area contributed by atoms with Gasteiger partial charge in [-0.3, -0.25) is 0 Å². The van der Waals surface area contributed by atoms with E-state index in [0.29, 0.717) is 13.2 Å². The fraction of sp³-hybridized carbons (Fsp3) is 0.250. The number of aliphatic hydroxyl groups excluding tert-OH is 1. The predicted molar refractivity (Wildman–Crippen MR) is 77.5 cm³/mol. The zero-order chi connectivity index (χ0) is 13.5. The molecule has 2 N–H and O–H groups in total. The summed E-state index contributed by atoms with van der Waals surface area (Å²) in [7, 11) is 0. The van der Waals surface area contributed by atoms with Crippen LogP contribution in [0.4, 0.5) is 5.69 Å². The third kappa shape index (κ3) is 4.00. The van der Waals surface area contributed by atoms with Crippen LogP contribution < -0.4 is 10.1 Å². The second-order valence-corrected chi connectivity index (χ2v) is 4.26. The Labute approximate surface area is 113 Å². The van der Waals surface area contributed by atoms with Gasteiger partial charge in [0.15, 0.2) is 0 Å². The molecule has 19 heavy (non-hydrogen) atoms.